The predicted octanol–water partition coefficient (Wildman–Crippen LogP) is 3.84. The third-order valence-corrected chi connectivity index (χ3v) is 3.95. The van der Waals surface area contributed by atoms with Gasteiger partial charge in [0.2, 0.25) is 5.91 Å². The van der Waals surface area contributed by atoms with Crippen LogP contribution >= 0.6 is 0 Å². The summed E-state index contributed by atoms with van der Waals surface area (Å²) >= 11 is 0. The Morgan fingerprint density at radius 2 is 1.62 bits per heavy atom. The number of carbonyl (C=O) groups is 2. The molecule has 1 aromatic rings. The third kappa shape index (κ3) is 5.61. The smallest absolute Gasteiger partial charge is 0.270 e. The third-order valence-electron chi connectivity index (χ3n) is 3.95. The molecule has 0 radical (unpaired) electrons. The number of amides is 2. The lowest BCUT2D eigenvalue weighted by atomic mass is 9.95. The zero-order valence-corrected chi connectivity index (χ0v) is 17.2. The minimum atomic E-state index is -0.610. The lowest BCUT2D eigenvalue weighted by molar-refractivity contribution is -0.134. The molecule has 0 heterocycles. The van der Waals surface area contributed by atoms with Crippen LogP contribution in [0.25, 0.3) is 6.08 Å². The van der Waals surface area contributed by atoms with E-state index in [2.05, 4.69) is 5.32 Å². The van der Waals surface area contributed by atoms with Crippen LogP contribution in [0, 0.1) is 5.41 Å². The van der Waals surface area contributed by atoms with E-state index in [0.717, 1.165) is 5.56 Å². The Kier molecular flexibility index (Phi) is 7.42. The van der Waals surface area contributed by atoms with E-state index in [1.165, 1.54) is 0 Å². The number of hydrogen-bond donors (Lipinski definition) is 1. The van der Waals surface area contributed by atoms with Gasteiger partial charge in [0.15, 0.2) is 0 Å². The molecule has 5 heteroatoms. The zero-order chi connectivity index (χ0) is 20.1. The van der Waals surface area contributed by atoms with Crippen LogP contribution in [0.4, 0.5) is 0 Å². The van der Waals surface area contributed by atoms with Gasteiger partial charge in [0.1, 0.15) is 11.4 Å². The van der Waals surface area contributed by atoms with Crippen molar-refractivity contribution in [1.29, 1.82) is 0 Å². The molecule has 0 bridgehead atoms. The quantitative estimate of drug-likeness (QED) is 0.784. The largest absolute Gasteiger partial charge is 0.496 e. The Labute approximate surface area is 157 Å². The van der Waals surface area contributed by atoms with Gasteiger partial charge in [0.25, 0.3) is 5.91 Å². The molecule has 0 saturated carbocycles. The summed E-state index contributed by atoms with van der Waals surface area (Å²) in [6, 6.07) is 7.42. The maximum Gasteiger partial charge on any atom is 0.270 e. The second-order valence-corrected chi connectivity index (χ2v) is 7.90. The highest BCUT2D eigenvalue weighted by atomic mass is 16.5. The second kappa shape index (κ2) is 8.88. The van der Waals surface area contributed by atoms with Gasteiger partial charge in [-0.15, -0.1) is 0 Å². The number of nitrogens with one attached hydrogen (secondary N) is 1. The van der Waals surface area contributed by atoms with Crippen molar-refractivity contribution in [2.24, 2.45) is 5.41 Å². The van der Waals surface area contributed by atoms with Crippen molar-refractivity contribution in [3.63, 3.8) is 0 Å². The van der Waals surface area contributed by atoms with Crippen molar-refractivity contribution < 1.29 is 14.3 Å². The number of para-hydroxylation sites is 1. The minimum Gasteiger partial charge on any atom is -0.496 e. The van der Waals surface area contributed by atoms with Crippen LogP contribution in [-0.2, 0) is 9.59 Å². The van der Waals surface area contributed by atoms with Gasteiger partial charge in [-0.05, 0) is 39.8 Å². The van der Waals surface area contributed by atoms with Gasteiger partial charge in [-0.2, -0.15) is 0 Å². The molecule has 0 atom stereocenters. The number of nitrogens with zero attached hydrogens (tertiary/aromatic N) is 1. The molecule has 5 nitrogen and oxygen atoms in total. The standard InChI is InChI=1S/C21H32N2O3/c1-14(2)23(15(3)4)19(24)17(22-20(25)21(5,6)7)13-16-11-9-10-12-18(16)26-8/h9-15H,1-8H3,(H,22,25)/b17-13+. The van der Waals surface area contributed by atoms with E-state index >= 15 is 0 Å². The summed E-state index contributed by atoms with van der Waals surface area (Å²) in [6.45, 7) is 13.3. The van der Waals surface area contributed by atoms with Crippen LogP contribution < -0.4 is 10.1 Å². The summed E-state index contributed by atoms with van der Waals surface area (Å²) in [5, 5.41) is 2.82. The summed E-state index contributed by atoms with van der Waals surface area (Å²) in [7, 11) is 1.58. The van der Waals surface area contributed by atoms with E-state index in [-0.39, 0.29) is 29.6 Å². The zero-order valence-electron chi connectivity index (χ0n) is 17.2. The summed E-state index contributed by atoms with van der Waals surface area (Å²) in [6.07, 6.45) is 1.68. The number of carbonyl (C=O) groups excluding carboxylic acids is 2. The maximum atomic E-state index is 13.2. The predicted molar refractivity (Wildman–Crippen MR) is 106 cm³/mol. The molecule has 1 rings (SSSR count). The first-order valence-corrected chi connectivity index (χ1v) is 8.97. The second-order valence-electron chi connectivity index (χ2n) is 7.90. The Bertz CT molecular complexity index is 662. The first-order chi connectivity index (χ1) is 12.0. The molecule has 0 saturated heterocycles. The Hall–Kier alpha value is -2.30. The molecule has 0 aliphatic heterocycles. The Morgan fingerprint density at radius 1 is 1.08 bits per heavy atom. The summed E-state index contributed by atoms with van der Waals surface area (Å²) in [5.74, 6) is 0.224. The first-order valence-electron chi connectivity index (χ1n) is 8.97. The number of hydrogen-bond acceptors (Lipinski definition) is 3. The van der Waals surface area contributed by atoms with Crippen LogP contribution in [0.1, 0.15) is 54.0 Å². The molecule has 0 aliphatic rings. The fourth-order valence-electron chi connectivity index (χ4n) is 2.61. The van der Waals surface area contributed by atoms with Gasteiger partial charge in [0, 0.05) is 23.1 Å². The molecule has 1 N–H and O–H groups in total. The van der Waals surface area contributed by atoms with Crippen molar-refractivity contribution in [2.75, 3.05) is 7.11 Å². The van der Waals surface area contributed by atoms with Gasteiger partial charge >= 0.3 is 0 Å². The molecular weight excluding hydrogens is 328 g/mol. The molecule has 0 spiro atoms. The summed E-state index contributed by atoms with van der Waals surface area (Å²) < 4.78 is 5.37. The molecule has 1 aromatic carbocycles. The molecule has 2 amide bonds. The lowest BCUT2D eigenvalue weighted by Crippen LogP contribution is -2.47. The molecule has 0 aromatic heterocycles. The number of benzene rings is 1. The molecule has 0 aliphatic carbocycles. The minimum absolute atomic E-state index is 0.00936. The fraction of sp³-hybridized carbons (Fsp3) is 0.524. The highest BCUT2D eigenvalue weighted by Gasteiger charge is 2.28. The van der Waals surface area contributed by atoms with Gasteiger partial charge in [-0.3, -0.25) is 9.59 Å². The van der Waals surface area contributed by atoms with Gasteiger partial charge in [0.05, 0.1) is 7.11 Å². The van der Waals surface area contributed by atoms with E-state index in [1.807, 2.05) is 72.7 Å². The normalized spacial score (nSPS) is 12.3. The van der Waals surface area contributed by atoms with Crippen LogP contribution in [0.5, 0.6) is 5.75 Å². The van der Waals surface area contributed by atoms with Gasteiger partial charge in [-0.25, -0.2) is 0 Å². The van der Waals surface area contributed by atoms with E-state index in [1.54, 1.807) is 18.1 Å². The first kappa shape index (κ1) is 21.7. The monoisotopic (exact) mass is 360 g/mol. The molecule has 0 fully saturated rings. The average Bonchev–Trinajstić information content (AvgIpc) is 2.52. The molecule has 144 valence electrons. The van der Waals surface area contributed by atoms with E-state index in [9.17, 15) is 9.59 Å². The van der Waals surface area contributed by atoms with Crippen LogP contribution in [0.3, 0.4) is 0 Å². The van der Waals surface area contributed by atoms with Crippen LogP contribution in [0.15, 0.2) is 30.0 Å². The SMILES string of the molecule is COc1ccccc1/C=C(/NC(=O)C(C)(C)C)C(=O)N(C(C)C)C(C)C. The number of rotatable bonds is 6. The topological polar surface area (TPSA) is 58.6 Å². The average molecular weight is 360 g/mol. The molecule has 0 unspecified atom stereocenters. The highest BCUT2D eigenvalue weighted by molar-refractivity contribution is 6.02. The highest BCUT2D eigenvalue weighted by Crippen LogP contribution is 2.22. The molecular formula is C21H32N2O3. The van der Waals surface area contributed by atoms with Crippen LogP contribution in [0.2, 0.25) is 0 Å². The molecule has 26 heavy (non-hydrogen) atoms. The van der Waals surface area contributed by atoms with Crippen molar-refractivity contribution in [2.45, 2.75) is 60.5 Å². The van der Waals surface area contributed by atoms with E-state index < -0.39 is 5.41 Å². The maximum absolute atomic E-state index is 13.2. The number of methoxy groups -OCH3 is 1. The number of ether oxygens (including phenoxy) is 1. The van der Waals surface area contributed by atoms with Crippen molar-refractivity contribution in [3.05, 3.63) is 35.5 Å². The Balaban J connectivity index is 3.40. The lowest BCUT2D eigenvalue weighted by Gasteiger charge is -2.32. The van der Waals surface area contributed by atoms with Crippen molar-refractivity contribution in [1.82, 2.24) is 10.2 Å². The van der Waals surface area contributed by atoms with Gasteiger partial charge in [-0.1, -0.05) is 39.0 Å². The van der Waals surface area contributed by atoms with Crippen molar-refractivity contribution in [3.8, 4) is 5.75 Å². The van der Waals surface area contributed by atoms with Crippen molar-refractivity contribution >= 4 is 17.9 Å². The summed E-state index contributed by atoms with van der Waals surface area (Å²) in [5.41, 5.74) is 0.373. The van der Waals surface area contributed by atoms with E-state index in [4.69, 9.17) is 4.74 Å². The van der Waals surface area contributed by atoms with E-state index in [0.29, 0.717) is 5.75 Å². The fourth-order valence-corrected chi connectivity index (χ4v) is 2.61. The van der Waals surface area contributed by atoms with Gasteiger partial charge < -0.3 is 15.0 Å². The van der Waals surface area contributed by atoms with Crippen LogP contribution in [-0.4, -0.2) is 35.9 Å². The Morgan fingerprint density at radius 3 is 2.08 bits per heavy atom. The summed E-state index contributed by atoms with van der Waals surface area (Å²) in [4.78, 5) is 27.5.